The largest absolute Gasteiger partial charge is 0.373 e. The number of hydrogen-bond acceptors (Lipinski definition) is 3. The van der Waals surface area contributed by atoms with Crippen molar-refractivity contribution in [3.8, 4) is 0 Å². The number of morpholine rings is 1. The molecule has 1 amide bonds. The van der Waals surface area contributed by atoms with E-state index in [4.69, 9.17) is 4.74 Å². The Morgan fingerprint density at radius 3 is 2.67 bits per heavy atom. The van der Waals surface area contributed by atoms with E-state index in [1.807, 2.05) is 30.3 Å². The third-order valence-corrected chi connectivity index (χ3v) is 4.74. The van der Waals surface area contributed by atoms with Crippen LogP contribution in [0, 0.1) is 0 Å². The Kier molecular flexibility index (Phi) is 6.61. The van der Waals surface area contributed by atoms with Crippen LogP contribution in [0.4, 0.5) is 0 Å². The van der Waals surface area contributed by atoms with Crippen LogP contribution in [0.15, 0.2) is 34.8 Å². The van der Waals surface area contributed by atoms with E-state index in [-0.39, 0.29) is 23.7 Å². The van der Waals surface area contributed by atoms with Gasteiger partial charge in [0.05, 0.1) is 12.2 Å². The standard InChI is InChI=1S/C19H27BrN2O2/c1-14-11-22(12-15(2)24-14)19(3,4)13-21-18(23)9-8-16-6-5-7-17(20)10-16/h5-10,14-15H,11-13H2,1-4H3,(H,21,23)/b9-8+/t14-,15-/m1/s1. The highest BCUT2D eigenvalue weighted by Crippen LogP contribution is 2.20. The molecule has 1 aliphatic rings. The molecule has 1 aliphatic heterocycles. The van der Waals surface area contributed by atoms with Crippen LogP contribution in [0.2, 0.25) is 0 Å². The Bertz CT molecular complexity index is 591. The molecule has 4 nitrogen and oxygen atoms in total. The lowest BCUT2D eigenvalue weighted by Crippen LogP contribution is -2.58. The molecular formula is C19H27BrN2O2. The van der Waals surface area contributed by atoms with Crippen molar-refractivity contribution in [2.45, 2.75) is 45.4 Å². The van der Waals surface area contributed by atoms with Gasteiger partial charge in [-0.25, -0.2) is 0 Å². The number of rotatable bonds is 5. The predicted octanol–water partition coefficient (Wildman–Crippen LogP) is 3.47. The molecule has 0 bridgehead atoms. The zero-order chi connectivity index (χ0) is 17.7. The van der Waals surface area contributed by atoms with E-state index in [0.717, 1.165) is 23.1 Å². The molecule has 2 atom stereocenters. The number of carbonyl (C=O) groups is 1. The smallest absolute Gasteiger partial charge is 0.244 e. The summed E-state index contributed by atoms with van der Waals surface area (Å²) in [5.74, 6) is -0.0718. The SMILES string of the molecule is C[C@@H]1CN(C(C)(C)CNC(=O)/C=C/c2cccc(Br)c2)C[C@@H](C)O1. The highest BCUT2D eigenvalue weighted by molar-refractivity contribution is 9.10. The molecule has 24 heavy (non-hydrogen) atoms. The van der Waals surface area contributed by atoms with Crippen LogP contribution in [0.25, 0.3) is 6.08 Å². The fourth-order valence-electron chi connectivity index (χ4n) is 2.93. The maximum absolute atomic E-state index is 12.1. The number of halogens is 1. The number of nitrogens with zero attached hydrogens (tertiary/aromatic N) is 1. The highest BCUT2D eigenvalue weighted by Gasteiger charge is 2.33. The van der Waals surface area contributed by atoms with Gasteiger partial charge >= 0.3 is 0 Å². The second-order valence-corrected chi connectivity index (χ2v) is 8.00. The lowest BCUT2D eigenvalue weighted by Gasteiger charge is -2.45. The van der Waals surface area contributed by atoms with Crippen LogP contribution in [0.1, 0.15) is 33.3 Å². The lowest BCUT2D eigenvalue weighted by molar-refractivity contribution is -0.118. The summed E-state index contributed by atoms with van der Waals surface area (Å²) in [4.78, 5) is 14.5. The second-order valence-electron chi connectivity index (χ2n) is 7.08. The number of nitrogens with one attached hydrogen (secondary N) is 1. The average Bonchev–Trinajstić information content (AvgIpc) is 2.50. The fourth-order valence-corrected chi connectivity index (χ4v) is 3.35. The summed E-state index contributed by atoms with van der Waals surface area (Å²) in [7, 11) is 0. The van der Waals surface area contributed by atoms with E-state index in [0.29, 0.717) is 6.54 Å². The molecule has 5 heteroatoms. The Hall–Kier alpha value is -1.17. The van der Waals surface area contributed by atoms with Crippen molar-refractivity contribution < 1.29 is 9.53 Å². The summed E-state index contributed by atoms with van der Waals surface area (Å²) in [6.07, 6.45) is 3.86. The number of benzene rings is 1. The monoisotopic (exact) mass is 394 g/mol. The van der Waals surface area contributed by atoms with Gasteiger partial charge < -0.3 is 10.1 Å². The summed E-state index contributed by atoms with van der Waals surface area (Å²) >= 11 is 3.43. The van der Waals surface area contributed by atoms with Gasteiger partial charge in [0.2, 0.25) is 5.91 Å². The van der Waals surface area contributed by atoms with Gasteiger partial charge in [-0.15, -0.1) is 0 Å². The molecule has 0 unspecified atom stereocenters. The van der Waals surface area contributed by atoms with Crippen LogP contribution in [0.3, 0.4) is 0 Å². The quantitative estimate of drug-likeness (QED) is 0.777. The van der Waals surface area contributed by atoms with E-state index in [1.165, 1.54) is 0 Å². The Balaban J connectivity index is 1.88. The molecule has 1 saturated heterocycles. The second kappa shape index (κ2) is 8.28. The van der Waals surface area contributed by atoms with Crippen molar-refractivity contribution in [2.24, 2.45) is 0 Å². The third kappa shape index (κ3) is 5.72. The summed E-state index contributed by atoms with van der Waals surface area (Å²) in [6.45, 7) is 10.9. The van der Waals surface area contributed by atoms with E-state index < -0.39 is 0 Å². The average molecular weight is 395 g/mol. The Morgan fingerprint density at radius 1 is 1.38 bits per heavy atom. The van der Waals surface area contributed by atoms with Gasteiger partial charge in [-0.05, 0) is 51.5 Å². The van der Waals surface area contributed by atoms with Crippen LogP contribution in [0.5, 0.6) is 0 Å². The van der Waals surface area contributed by atoms with Crippen molar-refractivity contribution in [1.82, 2.24) is 10.2 Å². The molecular weight excluding hydrogens is 368 g/mol. The van der Waals surface area contributed by atoms with Crippen molar-refractivity contribution in [2.75, 3.05) is 19.6 Å². The molecule has 0 aromatic heterocycles. The molecule has 0 radical (unpaired) electrons. The van der Waals surface area contributed by atoms with Crippen LogP contribution in [-0.2, 0) is 9.53 Å². The molecule has 0 aliphatic carbocycles. The van der Waals surface area contributed by atoms with Gasteiger partial charge in [0, 0.05) is 35.7 Å². The number of hydrogen-bond donors (Lipinski definition) is 1. The van der Waals surface area contributed by atoms with E-state index in [1.54, 1.807) is 6.08 Å². The first kappa shape index (κ1) is 19.2. The number of ether oxygens (including phenoxy) is 1. The Labute approximate surface area is 153 Å². The maximum Gasteiger partial charge on any atom is 0.244 e. The summed E-state index contributed by atoms with van der Waals surface area (Å²) < 4.78 is 6.79. The minimum absolute atomic E-state index is 0.0718. The van der Waals surface area contributed by atoms with Crippen LogP contribution >= 0.6 is 15.9 Å². The zero-order valence-electron chi connectivity index (χ0n) is 14.9. The summed E-state index contributed by atoms with van der Waals surface area (Å²) in [5, 5.41) is 3.01. The third-order valence-electron chi connectivity index (χ3n) is 4.25. The molecule has 0 spiro atoms. The predicted molar refractivity (Wildman–Crippen MR) is 102 cm³/mol. The molecule has 1 N–H and O–H groups in total. The van der Waals surface area contributed by atoms with Crippen molar-refractivity contribution in [1.29, 1.82) is 0 Å². The minimum Gasteiger partial charge on any atom is -0.373 e. The van der Waals surface area contributed by atoms with Gasteiger partial charge in [-0.1, -0.05) is 28.1 Å². The molecule has 0 saturated carbocycles. The minimum atomic E-state index is -0.106. The molecule has 1 fully saturated rings. The highest BCUT2D eigenvalue weighted by atomic mass is 79.9. The van der Waals surface area contributed by atoms with Gasteiger partial charge in [-0.3, -0.25) is 9.69 Å². The van der Waals surface area contributed by atoms with E-state index in [2.05, 4.69) is 53.8 Å². The van der Waals surface area contributed by atoms with Crippen molar-refractivity contribution >= 4 is 27.9 Å². The fraction of sp³-hybridized carbons (Fsp3) is 0.526. The van der Waals surface area contributed by atoms with Gasteiger partial charge in [-0.2, -0.15) is 0 Å². The van der Waals surface area contributed by atoms with Gasteiger partial charge in [0.1, 0.15) is 0 Å². The first-order valence-corrected chi connectivity index (χ1v) is 9.17. The van der Waals surface area contributed by atoms with E-state index >= 15 is 0 Å². The number of carbonyl (C=O) groups excluding carboxylic acids is 1. The first-order valence-electron chi connectivity index (χ1n) is 8.38. The summed E-state index contributed by atoms with van der Waals surface area (Å²) in [5.41, 5.74) is 0.889. The van der Waals surface area contributed by atoms with Crippen LogP contribution < -0.4 is 5.32 Å². The topological polar surface area (TPSA) is 41.6 Å². The molecule has 1 heterocycles. The summed E-state index contributed by atoms with van der Waals surface area (Å²) in [6, 6.07) is 7.86. The van der Waals surface area contributed by atoms with Crippen molar-refractivity contribution in [3.63, 3.8) is 0 Å². The Morgan fingerprint density at radius 2 is 2.04 bits per heavy atom. The van der Waals surface area contributed by atoms with Gasteiger partial charge in [0.25, 0.3) is 0 Å². The number of amides is 1. The normalized spacial score (nSPS) is 22.7. The first-order chi connectivity index (χ1) is 11.3. The molecule has 132 valence electrons. The molecule has 2 rings (SSSR count). The molecule has 1 aromatic carbocycles. The van der Waals surface area contributed by atoms with Crippen LogP contribution in [-0.4, -0.2) is 48.2 Å². The molecule has 1 aromatic rings. The van der Waals surface area contributed by atoms with E-state index in [9.17, 15) is 4.79 Å². The maximum atomic E-state index is 12.1. The van der Waals surface area contributed by atoms with Crippen molar-refractivity contribution in [3.05, 3.63) is 40.4 Å². The lowest BCUT2D eigenvalue weighted by atomic mass is 10.00. The van der Waals surface area contributed by atoms with Gasteiger partial charge in [0.15, 0.2) is 0 Å². The zero-order valence-corrected chi connectivity index (χ0v) is 16.5.